The van der Waals surface area contributed by atoms with Crippen LogP contribution in [0.15, 0.2) is 53.4 Å². The smallest absolute Gasteiger partial charge is 0.252 e. The first kappa shape index (κ1) is 33.9. The molecule has 43 heavy (non-hydrogen) atoms. The lowest BCUT2D eigenvalue weighted by atomic mass is 9.99. The van der Waals surface area contributed by atoms with Crippen molar-refractivity contribution in [2.45, 2.75) is 63.4 Å². The van der Waals surface area contributed by atoms with Gasteiger partial charge in [-0.2, -0.15) is 4.31 Å². The second kappa shape index (κ2) is 15.2. The van der Waals surface area contributed by atoms with Crippen molar-refractivity contribution in [2.24, 2.45) is 5.92 Å². The van der Waals surface area contributed by atoms with Crippen LogP contribution in [0.4, 0.5) is 0 Å². The van der Waals surface area contributed by atoms with E-state index in [0.717, 1.165) is 10.6 Å². The number of carbonyl (C=O) groups excluding carboxylic acids is 2. The molecule has 0 aliphatic carbocycles. The van der Waals surface area contributed by atoms with Crippen LogP contribution in [0.25, 0.3) is 0 Å². The molecule has 0 saturated heterocycles. The fourth-order valence-corrected chi connectivity index (χ4v) is 6.36. The Labute approximate surface area is 254 Å². The number of likely N-dealkylation sites (N-methyl/N-ethyl adjacent to an activating group) is 1. The standard InChI is InChI=1S/C31H42N4O7S/c1-7-8-14-31(38)35(32-30(37)21-33(5)6)26(17-24-12-10-9-11-13-24)27(36)20-34(19-22(2)3)43(39,40)25-15-16-28-29(18-25)42-23(4)41-28/h1,9-13,15-16,18,22-23,26-27,36H,8,14,17,19-21H2,2-6H3,(H,32,37)/t23?,26?,27-/m1/s1. The second-order valence-corrected chi connectivity index (χ2v) is 13.1. The number of hydrogen-bond donors (Lipinski definition) is 2. The predicted octanol–water partition coefficient (Wildman–Crippen LogP) is 2.26. The van der Waals surface area contributed by atoms with Crippen LogP contribution in [0.2, 0.25) is 0 Å². The van der Waals surface area contributed by atoms with Crippen molar-refractivity contribution < 1.29 is 32.6 Å². The second-order valence-electron chi connectivity index (χ2n) is 11.2. The van der Waals surface area contributed by atoms with Crippen LogP contribution >= 0.6 is 0 Å². The van der Waals surface area contributed by atoms with Crippen LogP contribution < -0.4 is 14.9 Å². The number of amides is 2. The first-order valence-corrected chi connectivity index (χ1v) is 15.6. The number of hydrazine groups is 1. The normalized spacial score (nSPS) is 15.8. The molecule has 0 radical (unpaired) electrons. The zero-order chi connectivity index (χ0) is 31.7. The van der Waals surface area contributed by atoms with Crippen molar-refractivity contribution in [3.05, 3.63) is 54.1 Å². The molecular formula is C31H42N4O7S. The lowest BCUT2D eigenvalue weighted by molar-refractivity contribution is -0.148. The molecule has 3 atom stereocenters. The van der Waals surface area contributed by atoms with Gasteiger partial charge in [0.1, 0.15) is 0 Å². The lowest BCUT2D eigenvalue weighted by Gasteiger charge is -2.37. The fraction of sp³-hybridized carbons (Fsp3) is 0.484. The first-order chi connectivity index (χ1) is 20.3. The number of terminal acetylenes is 1. The van der Waals surface area contributed by atoms with Crippen molar-refractivity contribution >= 4 is 21.8 Å². The summed E-state index contributed by atoms with van der Waals surface area (Å²) in [6.45, 7) is 5.19. The monoisotopic (exact) mass is 614 g/mol. The highest BCUT2D eigenvalue weighted by Crippen LogP contribution is 2.37. The van der Waals surface area contributed by atoms with Crippen molar-refractivity contribution in [3.63, 3.8) is 0 Å². The molecule has 12 heteroatoms. The summed E-state index contributed by atoms with van der Waals surface area (Å²) in [5, 5.41) is 12.9. The minimum absolute atomic E-state index is 0.0103. The molecule has 2 unspecified atom stereocenters. The number of ether oxygens (including phenoxy) is 2. The summed E-state index contributed by atoms with van der Waals surface area (Å²) >= 11 is 0. The van der Waals surface area contributed by atoms with Crippen molar-refractivity contribution in [1.82, 2.24) is 19.6 Å². The van der Waals surface area contributed by atoms with E-state index >= 15 is 0 Å². The topological polar surface area (TPSA) is 129 Å². The molecule has 1 aliphatic heterocycles. The molecule has 0 fully saturated rings. The minimum atomic E-state index is -4.12. The van der Waals surface area contributed by atoms with Gasteiger partial charge >= 0.3 is 0 Å². The number of rotatable bonds is 14. The predicted molar refractivity (Wildman–Crippen MR) is 162 cm³/mol. The van der Waals surface area contributed by atoms with E-state index in [2.05, 4.69) is 11.3 Å². The van der Waals surface area contributed by atoms with Gasteiger partial charge in [0.2, 0.25) is 22.2 Å². The number of nitrogens with zero attached hydrogens (tertiary/aromatic N) is 3. The maximum atomic E-state index is 14.0. The number of carbonyl (C=O) groups is 2. The van der Waals surface area contributed by atoms with Crippen molar-refractivity contribution in [3.8, 4) is 23.8 Å². The van der Waals surface area contributed by atoms with Gasteiger partial charge in [-0.15, -0.1) is 12.3 Å². The molecule has 1 heterocycles. The van der Waals surface area contributed by atoms with Gasteiger partial charge in [-0.05, 0) is 44.1 Å². The number of fused-ring (bicyclic) bond motifs is 1. The molecule has 234 valence electrons. The molecule has 2 aromatic rings. The molecule has 11 nitrogen and oxygen atoms in total. The third-order valence-electron chi connectivity index (χ3n) is 6.62. The number of benzene rings is 2. The average molecular weight is 615 g/mol. The summed E-state index contributed by atoms with van der Waals surface area (Å²) in [6.07, 6.45) is 3.68. The van der Waals surface area contributed by atoms with E-state index in [1.165, 1.54) is 16.4 Å². The van der Waals surface area contributed by atoms with Gasteiger partial charge < -0.3 is 19.5 Å². The van der Waals surface area contributed by atoms with Gasteiger partial charge in [0.15, 0.2) is 11.5 Å². The van der Waals surface area contributed by atoms with E-state index in [1.807, 2.05) is 44.2 Å². The summed E-state index contributed by atoms with van der Waals surface area (Å²) in [4.78, 5) is 27.9. The lowest BCUT2D eigenvalue weighted by Crippen LogP contribution is -2.60. The first-order valence-electron chi connectivity index (χ1n) is 14.2. The van der Waals surface area contributed by atoms with E-state index in [-0.39, 0.29) is 49.7 Å². The summed E-state index contributed by atoms with van der Waals surface area (Å²) in [6, 6.07) is 12.5. The van der Waals surface area contributed by atoms with E-state index in [4.69, 9.17) is 15.9 Å². The molecule has 0 spiro atoms. The Morgan fingerprint density at radius 3 is 2.37 bits per heavy atom. The van der Waals surface area contributed by atoms with Crippen LogP contribution in [-0.4, -0.2) is 91.7 Å². The quantitative estimate of drug-likeness (QED) is 0.245. The van der Waals surface area contributed by atoms with Crippen molar-refractivity contribution in [2.75, 3.05) is 33.7 Å². The molecule has 2 N–H and O–H groups in total. The minimum Gasteiger partial charge on any atom is -0.451 e. The van der Waals surface area contributed by atoms with Crippen LogP contribution in [0.5, 0.6) is 11.5 Å². The van der Waals surface area contributed by atoms with Crippen molar-refractivity contribution in [1.29, 1.82) is 0 Å². The molecule has 1 aliphatic rings. The highest BCUT2D eigenvalue weighted by atomic mass is 32.2. The van der Waals surface area contributed by atoms with Gasteiger partial charge in [-0.3, -0.25) is 15.0 Å². The van der Waals surface area contributed by atoms with Crippen LogP contribution in [0.1, 0.15) is 39.2 Å². The van der Waals surface area contributed by atoms with Gasteiger partial charge in [0.25, 0.3) is 5.91 Å². The maximum absolute atomic E-state index is 14.0. The number of aliphatic hydroxyl groups excluding tert-OH is 1. The van der Waals surface area contributed by atoms with Gasteiger partial charge in [-0.25, -0.2) is 13.4 Å². The molecule has 0 bridgehead atoms. The molecule has 0 aromatic heterocycles. The Morgan fingerprint density at radius 2 is 1.74 bits per heavy atom. The Balaban J connectivity index is 1.99. The largest absolute Gasteiger partial charge is 0.451 e. The summed E-state index contributed by atoms with van der Waals surface area (Å²) in [5.74, 6) is 2.14. The maximum Gasteiger partial charge on any atom is 0.252 e. The van der Waals surface area contributed by atoms with E-state index in [0.29, 0.717) is 11.5 Å². The van der Waals surface area contributed by atoms with Gasteiger partial charge in [0, 0.05) is 38.9 Å². The average Bonchev–Trinajstić information content (AvgIpc) is 3.32. The SMILES string of the molecule is C#CCCC(=O)N(NC(=O)CN(C)C)C(Cc1ccccc1)[C@H](O)CN(CC(C)C)S(=O)(=O)c1ccc2c(c1)OC(C)O2. The Morgan fingerprint density at radius 1 is 1.07 bits per heavy atom. The third kappa shape index (κ3) is 9.43. The number of aliphatic hydroxyl groups is 1. The molecular weight excluding hydrogens is 572 g/mol. The summed E-state index contributed by atoms with van der Waals surface area (Å²) < 4.78 is 40.2. The Kier molecular flexibility index (Phi) is 12.0. The molecule has 2 aromatic carbocycles. The van der Waals surface area contributed by atoms with E-state index in [9.17, 15) is 23.1 Å². The number of sulfonamides is 1. The number of hydrogen-bond acceptors (Lipinski definition) is 8. The molecule has 2 amide bonds. The highest BCUT2D eigenvalue weighted by molar-refractivity contribution is 7.89. The molecule has 3 rings (SSSR count). The molecule has 0 saturated carbocycles. The Hall–Kier alpha value is -3.63. The number of nitrogens with one attached hydrogen (secondary N) is 1. The summed E-state index contributed by atoms with van der Waals surface area (Å²) in [5.41, 5.74) is 3.43. The fourth-order valence-electron chi connectivity index (χ4n) is 4.72. The van der Waals surface area contributed by atoms with E-state index < -0.39 is 40.3 Å². The summed E-state index contributed by atoms with van der Waals surface area (Å²) in [7, 11) is -0.694. The third-order valence-corrected chi connectivity index (χ3v) is 8.45. The van der Waals surface area contributed by atoms with Gasteiger partial charge in [-0.1, -0.05) is 44.2 Å². The highest BCUT2D eigenvalue weighted by Gasteiger charge is 2.36. The van der Waals surface area contributed by atoms with Crippen LogP contribution in [0.3, 0.4) is 0 Å². The Bertz CT molecular complexity index is 1390. The zero-order valence-corrected chi connectivity index (χ0v) is 26.2. The zero-order valence-electron chi connectivity index (χ0n) is 25.4. The van der Waals surface area contributed by atoms with Crippen LogP contribution in [0, 0.1) is 18.3 Å². The van der Waals surface area contributed by atoms with E-state index in [1.54, 1.807) is 32.0 Å². The van der Waals surface area contributed by atoms with Gasteiger partial charge in [0.05, 0.1) is 23.6 Å². The van der Waals surface area contributed by atoms with Crippen LogP contribution in [-0.2, 0) is 26.0 Å².